The van der Waals surface area contributed by atoms with Crippen LogP contribution in [0.15, 0.2) is 84.1 Å². The number of anilines is 2. The van der Waals surface area contributed by atoms with Gasteiger partial charge in [-0.2, -0.15) is 0 Å². The van der Waals surface area contributed by atoms with Gasteiger partial charge >= 0.3 is 0 Å². The van der Waals surface area contributed by atoms with Gasteiger partial charge in [0.1, 0.15) is 0 Å². The predicted molar refractivity (Wildman–Crippen MR) is 137 cm³/mol. The first-order valence-corrected chi connectivity index (χ1v) is 11.9. The number of fused-ring (bicyclic) bond motifs is 1. The summed E-state index contributed by atoms with van der Waals surface area (Å²) in [6.45, 7) is 8.81. The molecule has 3 aromatic rings. The van der Waals surface area contributed by atoms with Gasteiger partial charge in [0.05, 0.1) is 17.4 Å². The largest absolute Gasteiger partial charge is 0.372 e. The van der Waals surface area contributed by atoms with Crippen molar-refractivity contribution in [2.75, 3.05) is 10.6 Å². The van der Waals surface area contributed by atoms with Crippen molar-refractivity contribution in [1.82, 2.24) is 0 Å². The summed E-state index contributed by atoms with van der Waals surface area (Å²) in [5.41, 5.74) is 9.00. The van der Waals surface area contributed by atoms with Crippen LogP contribution in [-0.4, -0.2) is 5.78 Å². The number of hydrogen-bond donors (Lipinski definition) is 2. The van der Waals surface area contributed by atoms with Crippen molar-refractivity contribution in [2.24, 2.45) is 0 Å². The van der Waals surface area contributed by atoms with Crippen molar-refractivity contribution >= 4 is 17.2 Å². The Morgan fingerprint density at radius 2 is 1.48 bits per heavy atom. The van der Waals surface area contributed by atoms with Crippen LogP contribution in [0.2, 0.25) is 0 Å². The highest BCUT2D eigenvalue weighted by Crippen LogP contribution is 2.44. The van der Waals surface area contributed by atoms with Gasteiger partial charge in [-0.05, 0) is 59.1 Å². The normalized spacial score (nSPS) is 20.3. The molecule has 0 aromatic heterocycles. The SMILES string of the molecule is Cc1ccccc1C1Nc2ccccc2NC2=C1C(=O)CC(c1ccc(C(C)(C)C)cc1)C2. The molecule has 0 saturated carbocycles. The minimum atomic E-state index is -0.158. The molecule has 168 valence electrons. The Hall–Kier alpha value is -3.33. The molecule has 0 radical (unpaired) electrons. The van der Waals surface area contributed by atoms with Crippen LogP contribution in [-0.2, 0) is 10.2 Å². The van der Waals surface area contributed by atoms with Crippen LogP contribution in [0.4, 0.5) is 11.4 Å². The fourth-order valence-corrected chi connectivity index (χ4v) is 5.13. The van der Waals surface area contributed by atoms with E-state index in [4.69, 9.17) is 0 Å². The monoisotopic (exact) mass is 436 g/mol. The lowest BCUT2D eigenvalue weighted by molar-refractivity contribution is -0.116. The summed E-state index contributed by atoms with van der Waals surface area (Å²) < 4.78 is 0. The minimum absolute atomic E-state index is 0.121. The number of Topliss-reactive ketones (excluding diaryl/α,β-unsaturated/α-hetero) is 1. The summed E-state index contributed by atoms with van der Waals surface area (Å²) in [5.74, 6) is 0.405. The van der Waals surface area contributed by atoms with E-state index in [9.17, 15) is 4.79 Å². The first-order chi connectivity index (χ1) is 15.8. The number of benzene rings is 3. The molecule has 0 spiro atoms. The van der Waals surface area contributed by atoms with Gasteiger partial charge < -0.3 is 10.6 Å². The maximum atomic E-state index is 13.7. The van der Waals surface area contributed by atoms with Crippen molar-refractivity contribution < 1.29 is 4.79 Å². The zero-order chi connectivity index (χ0) is 23.2. The molecule has 3 aromatic carbocycles. The lowest BCUT2D eigenvalue weighted by Crippen LogP contribution is -2.27. The second-order valence-corrected chi connectivity index (χ2v) is 10.4. The molecule has 2 N–H and O–H groups in total. The number of carbonyl (C=O) groups excluding carboxylic acids is 1. The Labute approximate surface area is 196 Å². The van der Waals surface area contributed by atoms with Gasteiger partial charge in [-0.1, -0.05) is 81.4 Å². The molecule has 0 saturated heterocycles. The van der Waals surface area contributed by atoms with Crippen LogP contribution in [0.3, 0.4) is 0 Å². The standard InChI is InChI=1S/C30H32N2O/c1-19-9-5-6-10-23(19)29-28-26(31-24-11-7-8-12-25(24)32-29)17-21(18-27(28)33)20-13-15-22(16-14-20)30(2,3)4/h5-16,21,29,31-32H,17-18H2,1-4H3. The maximum Gasteiger partial charge on any atom is 0.163 e. The highest BCUT2D eigenvalue weighted by atomic mass is 16.1. The molecular formula is C30H32N2O. The minimum Gasteiger partial charge on any atom is -0.372 e. The maximum absolute atomic E-state index is 13.7. The van der Waals surface area contributed by atoms with E-state index >= 15 is 0 Å². The van der Waals surface area contributed by atoms with E-state index in [1.54, 1.807) is 0 Å². The summed E-state index contributed by atoms with van der Waals surface area (Å²) in [6, 6.07) is 25.3. The number of allylic oxidation sites excluding steroid dienone is 1. The third-order valence-electron chi connectivity index (χ3n) is 7.06. The Kier molecular flexibility index (Phi) is 5.36. The first kappa shape index (κ1) is 21.5. The van der Waals surface area contributed by atoms with E-state index in [0.29, 0.717) is 6.42 Å². The molecule has 2 aliphatic rings. The van der Waals surface area contributed by atoms with Gasteiger partial charge in [-0.15, -0.1) is 0 Å². The Bertz CT molecular complexity index is 1230. The summed E-state index contributed by atoms with van der Waals surface area (Å²) >= 11 is 0. The number of nitrogens with one attached hydrogen (secondary N) is 2. The van der Waals surface area contributed by atoms with Crippen molar-refractivity contribution in [1.29, 1.82) is 0 Å². The Morgan fingerprint density at radius 1 is 0.818 bits per heavy atom. The van der Waals surface area contributed by atoms with Crippen molar-refractivity contribution in [3.05, 3.63) is 106 Å². The molecule has 3 nitrogen and oxygen atoms in total. The quantitative estimate of drug-likeness (QED) is 0.444. The third kappa shape index (κ3) is 4.08. The van der Waals surface area contributed by atoms with E-state index in [2.05, 4.69) is 99.0 Å². The molecule has 2 unspecified atom stereocenters. The zero-order valence-electron chi connectivity index (χ0n) is 19.9. The van der Waals surface area contributed by atoms with E-state index in [-0.39, 0.29) is 23.2 Å². The highest BCUT2D eigenvalue weighted by Gasteiger charge is 2.36. The second kappa shape index (κ2) is 8.22. The average Bonchev–Trinajstić information content (AvgIpc) is 2.95. The highest BCUT2D eigenvalue weighted by molar-refractivity contribution is 6.01. The van der Waals surface area contributed by atoms with Crippen LogP contribution in [0.1, 0.15) is 67.8 Å². The molecule has 33 heavy (non-hydrogen) atoms. The van der Waals surface area contributed by atoms with Crippen LogP contribution in [0.5, 0.6) is 0 Å². The van der Waals surface area contributed by atoms with E-state index < -0.39 is 0 Å². The van der Waals surface area contributed by atoms with Crippen LogP contribution < -0.4 is 10.6 Å². The topological polar surface area (TPSA) is 41.1 Å². The summed E-state index contributed by atoms with van der Waals surface area (Å²) in [4.78, 5) is 13.7. The van der Waals surface area contributed by atoms with E-state index in [1.807, 2.05) is 12.1 Å². The van der Waals surface area contributed by atoms with Crippen molar-refractivity contribution in [3.63, 3.8) is 0 Å². The zero-order valence-corrected chi connectivity index (χ0v) is 19.9. The summed E-state index contributed by atoms with van der Waals surface area (Å²) in [7, 11) is 0. The molecule has 1 heterocycles. The fourth-order valence-electron chi connectivity index (χ4n) is 5.13. The second-order valence-electron chi connectivity index (χ2n) is 10.4. The van der Waals surface area contributed by atoms with Crippen molar-refractivity contribution in [3.8, 4) is 0 Å². The molecule has 1 aliphatic carbocycles. The van der Waals surface area contributed by atoms with Gasteiger partial charge in [-0.3, -0.25) is 4.79 Å². The van der Waals surface area contributed by atoms with Gasteiger partial charge in [0.25, 0.3) is 0 Å². The lowest BCUT2D eigenvalue weighted by atomic mass is 9.77. The Morgan fingerprint density at radius 3 is 2.18 bits per heavy atom. The van der Waals surface area contributed by atoms with E-state index in [1.165, 1.54) is 16.7 Å². The third-order valence-corrected chi connectivity index (χ3v) is 7.06. The molecular weight excluding hydrogens is 404 g/mol. The average molecular weight is 437 g/mol. The van der Waals surface area contributed by atoms with Crippen LogP contribution in [0, 0.1) is 6.92 Å². The number of para-hydroxylation sites is 2. The predicted octanol–water partition coefficient (Wildman–Crippen LogP) is 7.27. The van der Waals surface area contributed by atoms with E-state index in [0.717, 1.165) is 34.6 Å². The molecule has 3 heteroatoms. The molecule has 0 bridgehead atoms. The number of rotatable bonds is 2. The molecule has 1 aliphatic heterocycles. The number of carbonyl (C=O) groups is 1. The molecule has 2 atom stereocenters. The van der Waals surface area contributed by atoms with Gasteiger partial charge in [0.15, 0.2) is 5.78 Å². The number of aryl methyl sites for hydroxylation is 1. The lowest BCUT2D eigenvalue weighted by Gasteiger charge is -2.30. The Balaban J connectivity index is 1.56. The van der Waals surface area contributed by atoms with Gasteiger partial charge in [-0.25, -0.2) is 0 Å². The number of hydrogen-bond acceptors (Lipinski definition) is 3. The number of ketones is 1. The first-order valence-electron chi connectivity index (χ1n) is 11.9. The van der Waals surface area contributed by atoms with Crippen LogP contribution in [0.25, 0.3) is 0 Å². The van der Waals surface area contributed by atoms with Gasteiger partial charge in [0.2, 0.25) is 0 Å². The molecule has 5 rings (SSSR count). The summed E-state index contributed by atoms with van der Waals surface area (Å²) in [6.07, 6.45) is 1.37. The molecule has 0 amide bonds. The van der Waals surface area contributed by atoms with Gasteiger partial charge in [0, 0.05) is 17.7 Å². The smallest absolute Gasteiger partial charge is 0.163 e. The molecule has 0 fully saturated rings. The van der Waals surface area contributed by atoms with Crippen LogP contribution >= 0.6 is 0 Å². The van der Waals surface area contributed by atoms with Crippen molar-refractivity contribution in [2.45, 2.75) is 57.9 Å². The summed E-state index contributed by atoms with van der Waals surface area (Å²) in [5, 5.41) is 7.33. The fraction of sp³-hybridized carbons (Fsp3) is 0.300.